The van der Waals surface area contributed by atoms with E-state index in [1.165, 1.54) is 32.1 Å². The monoisotopic (exact) mass is 601 g/mol. The van der Waals surface area contributed by atoms with Crippen LogP contribution < -0.4 is 25.4 Å². The molecular weight excluding hydrogens is 574 g/mol. The van der Waals surface area contributed by atoms with Crippen LogP contribution >= 0.6 is 23.4 Å². The zero-order valence-corrected chi connectivity index (χ0v) is 24.4. The van der Waals surface area contributed by atoms with Crippen LogP contribution in [0.4, 0.5) is 11.4 Å². The fraction of sp³-hybridized carbons (Fsp3) is 0.0938. The highest BCUT2D eigenvalue weighted by atomic mass is 35.5. The minimum absolute atomic E-state index is 0.00522. The fourth-order valence-electron chi connectivity index (χ4n) is 3.90. The largest absolute Gasteiger partial charge is 0.493 e. The third-order valence-electron chi connectivity index (χ3n) is 5.83. The molecule has 0 aliphatic carbocycles. The molecule has 0 radical (unpaired) electrons. The van der Waals surface area contributed by atoms with Gasteiger partial charge in [-0.1, -0.05) is 54.1 Å². The number of halogens is 1. The first-order valence-corrected chi connectivity index (χ1v) is 14.1. The second-order valence-corrected chi connectivity index (χ2v) is 10.3. The van der Waals surface area contributed by atoms with Gasteiger partial charge in [0.2, 0.25) is 5.91 Å². The van der Waals surface area contributed by atoms with Crippen LogP contribution in [0.3, 0.4) is 0 Å². The van der Waals surface area contributed by atoms with Gasteiger partial charge < -0.3 is 25.4 Å². The van der Waals surface area contributed by atoms with E-state index in [-0.39, 0.29) is 17.4 Å². The number of hydrogen-bond acceptors (Lipinski definition) is 6. The molecule has 0 heterocycles. The van der Waals surface area contributed by atoms with Gasteiger partial charge in [0, 0.05) is 32.4 Å². The number of thioether (sulfide) groups is 1. The van der Waals surface area contributed by atoms with Crippen molar-refractivity contribution in [1.29, 1.82) is 0 Å². The molecule has 0 spiro atoms. The highest BCUT2D eigenvalue weighted by Gasteiger charge is 2.17. The number of anilines is 2. The summed E-state index contributed by atoms with van der Waals surface area (Å²) in [6.45, 7) is 0. The van der Waals surface area contributed by atoms with Gasteiger partial charge in [-0.05, 0) is 60.7 Å². The summed E-state index contributed by atoms with van der Waals surface area (Å²) in [6.07, 6.45) is 1.52. The quantitative estimate of drug-likeness (QED) is 0.134. The van der Waals surface area contributed by atoms with E-state index >= 15 is 0 Å². The molecule has 0 fully saturated rings. The first-order chi connectivity index (χ1) is 20.4. The molecule has 0 atom stereocenters. The maximum atomic E-state index is 13.5. The topological polar surface area (TPSA) is 106 Å². The van der Waals surface area contributed by atoms with E-state index in [1.54, 1.807) is 91.0 Å². The summed E-state index contributed by atoms with van der Waals surface area (Å²) >= 11 is 7.30. The Morgan fingerprint density at radius 1 is 0.810 bits per heavy atom. The van der Waals surface area contributed by atoms with Crippen molar-refractivity contribution < 1.29 is 23.9 Å². The second kappa shape index (κ2) is 14.8. The Balaban J connectivity index is 1.51. The van der Waals surface area contributed by atoms with E-state index in [0.29, 0.717) is 39.0 Å². The SMILES string of the molecule is COc1cccc(/C=C(/NC(=O)c2ccccc2)C(=O)Nc2cccc(SCC(=O)Nc3cccc(Cl)c3)c2)c1OC. The third kappa shape index (κ3) is 8.39. The lowest BCUT2D eigenvalue weighted by atomic mass is 10.1. The van der Waals surface area contributed by atoms with Crippen molar-refractivity contribution in [3.05, 3.63) is 119 Å². The fourth-order valence-corrected chi connectivity index (χ4v) is 4.84. The minimum Gasteiger partial charge on any atom is -0.493 e. The van der Waals surface area contributed by atoms with Crippen LogP contribution in [-0.2, 0) is 9.59 Å². The van der Waals surface area contributed by atoms with Crippen LogP contribution in [0, 0.1) is 0 Å². The van der Waals surface area contributed by atoms with Gasteiger partial charge in [0.1, 0.15) is 5.70 Å². The molecule has 0 bridgehead atoms. The van der Waals surface area contributed by atoms with Crippen LogP contribution in [0.2, 0.25) is 5.02 Å². The van der Waals surface area contributed by atoms with E-state index in [9.17, 15) is 14.4 Å². The molecule has 10 heteroatoms. The van der Waals surface area contributed by atoms with Crippen LogP contribution in [0.5, 0.6) is 11.5 Å². The summed E-state index contributed by atoms with van der Waals surface area (Å²) in [5.41, 5.74) is 2.01. The summed E-state index contributed by atoms with van der Waals surface area (Å²) < 4.78 is 10.9. The average molecular weight is 602 g/mol. The number of rotatable bonds is 11. The molecule has 4 aromatic carbocycles. The van der Waals surface area contributed by atoms with Gasteiger partial charge in [0.15, 0.2) is 11.5 Å². The summed E-state index contributed by atoms with van der Waals surface area (Å²) in [4.78, 5) is 39.7. The number of nitrogens with one attached hydrogen (secondary N) is 3. The Labute approximate surface area is 253 Å². The number of para-hydroxylation sites is 1. The van der Waals surface area contributed by atoms with Crippen LogP contribution in [0.25, 0.3) is 6.08 Å². The predicted octanol–water partition coefficient (Wildman–Crippen LogP) is 6.50. The first kappa shape index (κ1) is 30.2. The predicted molar refractivity (Wildman–Crippen MR) is 167 cm³/mol. The standard InChI is InChI=1S/C32H28ClN3O5S/c1-40-28-16-6-11-22(30(28)41-2)17-27(36-31(38)21-9-4-3-5-10-21)32(39)35-25-14-8-15-26(19-25)42-20-29(37)34-24-13-7-12-23(33)18-24/h3-19H,20H2,1-2H3,(H,34,37)(H,35,39)(H,36,38)/b27-17+. The average Bonchev–Trinajstić information content (AvgIpc) is 3.00. The van der Waals surface area contributed by atoms with Gasteiger partial charge >= 0.3 is 0 Å². The summed E-state index contributed by atoms with van der Waals surface area (Å²) in [5, 5.41) is 8.89. The van der Waals surface area contributed by atoms with Gasteiger partial charge in [0.25, 0.3) is 11.8 Å². The number of ether oxygens (including phenoxy) is 2. The van der Waals surface area contributed by atoms with E-state index in [1.807, 2.05) is 6.07 Å². The number of benzene rings is 4. The number of carbonyl (C=O) groups is 3. The minimum atomic E-state index is -0.551. The van der Waals surface area contributed by atoms with Gasteiger partial charge in [-0.3, -0.25) is 14.4 Å². The Morgan fingerprint density at radius 3 is 2.24 bits per heavy atom. The normalized spacial score (nSPS) is 10.9. The highest BCUT2D eigenvalue weighted by molar-refractivity contribution is 8.00. The Hall–Kier alpha value is -4.73. The van der Waals surface area contributed by atoms with Gasteiger partial charge in [-0.2, -0.15) is 0 Å². The van der Waals surface area contributed by atoms with E-state index in [4.69, 9.17) is 21.1 Å². The van der Waals surface area contributed by atoms with E-state index in [0.717, 1.165) is 4.90 Å². The van der Waals surface area contributed by atoms with Crippen molar-refractivity contribution in [2.45, 2.75) is 4.90 Å². The van der Waals surface area contributed by atoms with Crippen molar-refractivity contribution in [2.24, 2.45) is 0 Å². The van der Waals surface area contributed by atoms with Crippen molar-refractivity contribution >= 4 is 58.5 Å². The molecule has 0 saturated carbocycles. The van der Waals surface area contributed by atoms with Gasteiger partial charge in [-0.15, -0.1) is 11.8 Å². The number of carbonyl (C=O) groups excluding carboxylic acids is 3. The van der Waals surface area contributed by atoms with Crippen LogP contribution in [-0.4, -0.2) is 37.7 Å². The third-order valence-corrected chi connectivity index (χ3v) is 7.06. The number of methoxy groups -OCH3 is 2. The van der Waals surface area contributed by atoms with Crippen molar-refractivity contribution in [3.8, 4) is 11.5 Å². The molecule has 3 amide bonds. The Bertz CT molecular complexity index is 1610. The van der Waals surface area contributed by atoms with Crippen molar-refractivity contribution in [3.63, 3.8) is 0 Å². The summed E-state index contributed by atoms with van der Waals surface area (Å²) in [5.74, 6) is -0.160. The Morgan fingerprint density at radius 2 is 1.52 bits per heavy atom. The molecule has 0 saturated heterocycles. The van der Waals surface area contributed by atoms with Gasteiger partial charge in [-0.25, -0.2) is 0 Å². The molecule has 42 heavy (non-hydrogen) atoms. The second-order valence-electron chi connectivity index (χ2n) is 8.79. The van der Waals surface area contributed by atoms with E-state index in [2.05, 4.69) is 16.0 Å². The molecule has 4 rings (SSSR count). The number of amides is 3. The van der Waals surface area contributed by atoms with E-state index < -0.39 is 11.8 Å². The zero-order valence-electron chi connectivity index (χ0n) is 22.8. The molecule has 8 nitrogen and oxygen atoms in total. The molecule has 4 aromatic rings. The smallest absolute Gasteiger partial charge is 0.272 e. The van der Waals surface area contributed by atoms with Crippen LogP contribution in [0.15, 0.2) is 108 Å². The molecular formula is C32H28ClN3O5S. The number of hydrogen-bond donors (Lipinski definition) is 3. The lowest BCUT2D eigenvalue weighted by Crippen LogP contribution is -2.30. The van der Waals surface area contributed by atoms with Gasteiger partial charge in [0.05, 0.1) is 20.0 Å². The molecule has 0 aromatic heterocycles. The highest BCUT2D eigenvalue weighted by Crippen LogP contribution is 2.32. The molecule has 3 N–H and O–H groups in total. The summed E-state index contributed by atoms with van der Waals surface area (Å²) in [6, 6.07) is 27.8. The summed E-state index contributed by atoms with van der Waals surface area (Å²) in [7, 11) is 3.01. The van der Waals surface area contributed by atoms with Crippen molar-refractivity contribution in [2.75, 3.05) is 30.6 Å². The Kier molecular flexibility index (Phi) is 10.6. The lowest BCUT2D eigenvalue weighted by molar-refractivity contribution is -0.114. The zero-order chi connectivity index (χ0) is 29.9. The molecule has 0 aliphatic rings. The molecule has 214 valence electrons. The van der Waals surface area contributed by atoms with Crippen molar-refractivity contribution in [1.82, 2.24) is 5.32 Å². The lowest BCUT2D eigenvalue weighted by Gasteiger charge is -2.14. The maximum Gasteiger partial charge on any atom is 0.272 e. The first-order valence-electron chi connectivity index (χ1n) is 12.7. The maximum absolute atomic E-state index is 13.5. The van der Waals surface area contributed by atoms with Crippen LogP contribution in [0.1, 0.15) is 15.9 Å². The molecule has 0 unspecified atom stereocenters. The molecule has 0 aliphatic heterocycles.